The molecule has 98 heavy (non-hydrogen) atoms. The molecule has 22 nitrogen and oxygen atoms in total. The van der Waals surface area contributed by atoms with E-state index in [4.69, 9.17) is 4.98 Å². The molecule has 4 aliphatic heterocycles. The van der Waals surface area contributed by atoms with Crippen LogP contribution in [0.4, 0.5) is 0 Å². The molecule has 0 aliphatic carbocycles. The Bertz CT molecular complexity index is 3690. The number of carbonyl (C=O) groups is 4. The fraction of sp³-hybridized carbons (Fsp3) is 0.446. The van der Waals surface area contributed by atoms with Crippen LogP contribution in [0, 0.1) is 27.7 Å². The molecule has 6 atom stereocenters. The number of aldehydes is 2. The van der Waals surface area contributed by atoms with Crippen molar-refractivity contribution in [3.63, 3.8) is 0 Å². The van der Waals surface area contributed by atoms with Crippen molar-refractivity contribution in [1.29, 1.82) is 0 Å². The van der Waals surface area contributed by atoms with E-state index in [-0.39, 0.29) is 34.8 Å². The van der Waals surface area contributed by atoms with Crippen LogP contribution in [-0.2, 0) is 16.1 Å². The molecule has 0 saturated carbocycles. The maximum Gasteiger partial charge on any atom is 0.185 e. The molecular weight excluding hydrogens is 1360 g/mol. The highest BCUT2D eigenvalue weighted by molar-refractivity contribution is 9.09. The zero-order chi connectivity index (χ0) is 70.1. The topological polar surface area (TPSA) is 252 Å². The minimum atomic E-state index is 0. The normalized spacial score (nSPS) is 19.1. The van der Waals surface area contributed by atoms with Crippen molar-refractivity contribution in [2.75, 3.05) is 67.8 Å². The Morgan fingerprint density at radius 2 is 1.08 bits per heavy atom. The van der Waals surface area contributed by atoms with Crippen molar-refractivity contribution < 1.29 is 19.2 Å². The van der Waals surface area contributed by atoms with Crippen LogP contribution in [0.15, 0.2) is 146 Å². The molecule has 3 N–H and O–H groups in total. The van der Waals surface area contributed by atoms with Gasteiger partial charge in [-0.2, -0.15) is 0 Å². The van der Waals surface area contributed by atoms with Crippen LogP contribution in [0.3, 0.4) is 0 Å². The zero-order valence-electron chi connectivity index (χ0n) is 59.2. The molecule has 3 saturated heterocycles. The first-order valence-corrected chi connectivity index (χ1v) is 34.5. The van der Waals surface area contributed by atoms with Gasteiger partial charge in [0.05, 0.1) is 53.3 Å². The number of rotatable bonds is 17. The van der Waals surface area contributed by atoms with Gasteiger partial charge in [-0.25, -0.2) is 19.9 Å². The summed E-state index contributed by atoms with van der Waals surface area (Å²) in [6, 6.07) is 17.7. The average Bonchev–Trinajstić information content (AvgIpc) is 1.39. The van der Waals surface area contributed by atoms with Crippen molar-refractivity contribution >= 4 is 68.8 Å². The summed E-state index contributed by atoms with van der Waals surface area (Å²) in [5.74, 6) is 3.68. The highest BCUT2D eigenvalue weighted by atomic mass is 79.9. The molecule has 24 heteroatoms. The number of imidazole rings is 4. The standard InChI is InChI=1S/C20H31N5.C16H19N3O.C15H20N4.C7H8N2O.C7H7NO.C5H12BrN.C4H4N2O.BrH/c1-16-8-6-11-21-19(16)17-9-5-10-18(24(17)4)20-22-12-15-25(20)14-7-13-23(2)3;1-11-5-3-8-18-16(11)15-10-12(20)9-14(19(15)2)13-6-4-7-17-13;1-11-5-4-8-16-14(11)12-6-3-7-13(19(12)2)15-17-9-10-18-15;1-6(10)2-3-7-8-4-5-9-7;1-6-3-2-4-8-7(6)5-9;1-7(2)5-3-4-6;7-3-4-5-1-2-6-4;/h6,8,11-12,15,17-18H,5,7,9-10,13-14H2,1-4H3;3-5,7-8,14-15H,6,9-10H2,1-2H3;4-5,8-10,12-13H,3,6-7H2,1-2H3,(H,17,18);2-5H,1H3,(H,8,9);2-5H,1H3;3-5H2,1-2H3;1-3H,(H,5,6);1H/b;;;3-2+;;;;/t17-,18+;;12-,13+;;;;;/m0.0...../s1. The summed E-state index contributed by atoms with van der Waals surface area (Å²) >= 11 is 3.35. The van der Waals surface area contributed by atoms with E-state index >= 15 is 0 Å². The number of nitrogens with zero attached hydrogens (tertiary/aromatic N) is 15. The Morgan fingerprint density at radius 3 is 1.54 bits per heavy atom. The number of H-pyrrole nitrogens is 3. The predicted octanol–water partition coefficient (Wildman–Crippen LogP) is 13.2. The van der Waals surface area contributed by atoms with Crippen LogP contribution >= 0.6 is 32.9 Å². The molecule has 12 rings (SSSR count). The third-order valence-corrected chi connectivity index (χ3v) is 17.8. The Balaban J connectivity index is 0.000000217. The van der Waals surface area contributed by atoms with Crippen LogP contribution in [0.1, 0.15) is 186 Å². The molecule has 0 spiro atoms. The van der Waals surface area contributed by atoms with E-state index in [1.54, 1.807) is 37.1 Å². The predicted molar refractivity (Wildman–Crippen MR) is 399 cm³/mol. The molecule has 0 radical (unpaired) electrons. The number of hydrogen-bond donors (Lipinski definition) is 3. The largest absolute Gasteiger partial charge is 0.347 e. The molecule has 3 fully saturated rings. The van der Waals surface area contributed by atoms with Gasteiger partial charge >= 0.3 is 0 Å². The number of allylic oxidation sites excluding steroid dienone is 2. The number of nitrogens with one attached hydrogen (secondary N) is 3. The SMILES string of the molecule is Br.CC(=O)/C=C/c1ncc[nH]1.CN(C)CCCBr.Cc1cccnc1C1CC(=O)CC(C2=NC=CC2)N1C.Cc1cccnc1C=O.Cc1cccnc1[C@@H]1CCC[C@H](c2ncc[nH]2)N1C.Cc1cccnc1[C@@H]1CCC[C@H](c2nccn2CCCN(C)C)N1C.O=Cc1ncc[nH]1. The number of hydrogen-bond acceptors (Lipinski definition) is 18. The first-order chi connectivity index (χ1) is 46.8. The van der Waals surface area contributed by atoms with E-state index in [9.17, 15) is 19.2 Å². The van der Waals surface area contributed by atoms with Crippen molar-refractivity contribution in [3.8, 4) is 0 Å². The lowest BCUT2D eigenvalue weighted by Gasteiger charge is -2.39. The van der Waals surface area contributed by atoms with E-state index in [1.807, 2.05) is 80.5 Å². The van der Waals surface area contributed by atoms with E-state index in [0.29, 0.717) is 66.4 Å². The molecule has 0 amide bonds. The number of alkyl halides is 1. The maximum atomic E-state index is 12.1. The van der Waals surface area contributed by atoms with E-state index in [1.165, 1.54) is 92.6 Å². The van der Waals surface area contributed by atoms with Crippen molar-refractivity contribution in [2.24, 2.45) is 4.99 Å². The maximum absolute atomic E-state index is 12.1. The van der Waals surface area contributed by atoms with Crippen molar-refractivity contribution in [1.82, 2.24) is 83.9 Å². The van der Waals surface area contributed by atoms with E-state index < -0.39 is 0 Å². The van der Waals surface area contributed by atoms with Gasteiger partial charge in [0.15, 0.2) is 24.2 Å². The van der Waals surface area contributed by atoms with Crippen LogP contribution < -0.4 is 0 Å². The summed E-state index contributed by atoms with van der Waals surface area (Å²) in [7, 11) is 14.9. The van der Waals surface area contributed by atoms with Gasteiger partial charge in [0.25, 0.3) is 0 Å². The second-order valence-corrected chi connectivity index (χ2v) is 25.8. The Morgan fingerprint density at radius 1 is 0.582 bits per heavy atom. The Labute approximate surface area is 598 Å². The number of pyridine rings is 4. The lowest BCUT2D eigenvalue weighted by molar-refractivity contribution is -0.124. The minimum Gasteiger partial charge on any atom is -0.347 e. The minimum absolute atomic E-state index is 0. The number of aryl methyl sites for hydroxylation is 5. The molecule has 4 aliphatic rings. The van der Waals surface area contributed by atoms with Crippen molar-refractivity contribution in [2.45, 2.75) is 148 Å². The second-order valence-electron chi connectivity index (χ2n) is 25.0. The van der Waals surface area contributed by atoms with E-state index in [2.05, 4.69) is 194 Å². The van der Waals surface area contributed by atoms with Gasteiger partial charge in [-0.3, -0.25) is 58.8 Å². The summed E-state index contributed by atoms with van der Waals surface area (Å²) in [5, 5.41) is 1.12. The summed E-state index contributed by atoms with van der Waals surface area (Å²) in [6.45, 7) is 13.0. The quantitative estimate of drug-likeness (QED) is 0.0435. The van der Waals surface area contributed by atoms with Gasteiger partial charge in [-0.15, -0.1) is 17.0 Å². The van der Waals surface area contributed by atoms with Crippen LogP contribution in [0.25, 0.3) is 6.08 Å². The fourth-order valence-corrected chi connectivity index (χ4v) is 12.3. The highest BCUT2D eigenvalue weighted by Crippen LogP contribution is 2.41. The van der Waals surface area contributed by atoms with Gasteiger partial charge in [0.2, 0.25) is 0 Å². The van der Waals surface area contributed by atoms with Gasteiger partial charge in [0, 0.05) is 117 Å². The van der Waals surface area contributed by atoms with Gasteiger partial charge in [-0.1, -0.05) is 46.3 Å². The van der Waals surface area contributed by atoms with Gasteiger partial charge < -0.3 is 29.3 Å². The number of aromatic amines is 3. The molecule has 526 valence electrons. The summed E-state index contributed by atoms with van der Waals surface area (Å²) < 4.78 is 2.35. The third-order valence-electron chi connectivity index (χ3n) is 17.3. The summed E-state index contributed by atoms with van der Waals surface area (Å²) in [6.07, 6.45) is 41.4. The first kappa shape index (κ1) is 80.7. The number of aromatic nitrogens is 12. The second kappa shape index (κ2) is 43.4. The molecule has 8 aromatic heterocycles. The summed E-state index contributed by atoms with van der Waals surface area (Å²) in [5.41, 5.74) is 9.70. The van der Waals surface area contributed by atoms with Gasteiger partial charge in [-0.05, 0) is 207 Å². The van der Waals surface area contributed by atoms with Crippen molar-refractivity contribution in [3.05, 3.63) is 210 Å². The zero-order valence-corrected chi connectivity index (χ0v) is 62.5. The van der Waals surface area contributed by atoms with Gasteiger partial charge in [0.1, 0.15) is 29.0 Å². The third kappa shape index (κ3) is 25.7. The molecule has 0 aromatic carbocycles. The van der Waals surface area contributed by atoms with E-state index in [0.717, 1.165) is 72.3 Å². The van der Waals surface area contributed by atoms with Crippen LogP contribution in [0.5, 0.6) is 0 Å². The number of ketones is 2. The molecule has 8 aromatic rings. The number of Topliss-reactive ketones (excluding diaryl/α,β-unsaturated/α-hetero) is 1. The monoisotopic (exact) mass is 1460 g/mol. The lowest BCUT2D eigenvalue weighted by Crippen LogP contribution is -2.46. The molecule has 12 heterocycles. The molecular formula is C74H102Br2N18O4. The fourth-order valence-electron chi connectivity index (χ4n) is 12.1. The van der Waals surface area contributed by atoms with Crippen LogP contribution in [-0.4, -0.2) is 188 Å². The number of likely N-dealkylation sites (tertiary alicyclic amines) is 3. The smallest absolute Gasteiger partial charge is 0.185 e. The number of halogens is 2. The average molecular weight is 1470 g/mol. The first-order valence-electron chi connectivity index (χ1n) is 33.3. The number of carbonyl (C=O) groups excluding carboxylic acids is 4. The Hall–Kier alpha value is -7.97. The van der Waals surface area contributed by atoms with Crippen LogP contribution in [0.2, 0.25) is 0 Å². The number of piperidine rings is 3. The number of aliphatic imine (C=N–C) groups is 1. The molecule has 0 bridgehead atoms. The summed E-state index contributed by atoms with van der Waals surface area (Å²) in [4.78, 5) is 101. The lowest BCUT2D eigenvalue weighted by atomic mass is 9.88. The highest BCUT2D eigenvalue weighted by Gasteiger charge is 2.38. The Kier molecular flexibility index (Phi) is 35.8. The molecule has 2 unspecified atom stereocenters.